The summed E-state index contributed by atoms with van der Waals surface area (Å²) in [4.78, 5) is 4.35. The van der Waals surface area contributed by atoms with Gasteiger partial charge in [0.1, 0.15) is 17.1 Å². The second-order valence-electron chi connectivity index (χ2n) is 5.22. The summed E-state index contributed by atoms with van der Waals surface area (Å²) in [5, 5.41) is 4.95. The molecule has 3 aromatic heterocycles. The Morgan fingerprint density at radius 1 is 1.17 bits per heavy atom. The van der Waals surface area contributed by atoms with Crippen LogP contribution in [0.15, 0.2) is 50.0 Å². The van der Waals surface area contributed by atoms with E-state index in [0.29, 0.717) is 23.2 Å². The lowest BCUT2D eigenvalue weighted by molar-refractivity contribution is 0.409. The number of benzene rings is 1. The van der Waals surface area contributed by atoms with E-state index < -0.39 is 0 Å². The number of hydrogen-bond acceptors (Lipinski definition) is 6. The maximum absolute atomic E-state index is 5.86. The Bertz CT molecular complexity index is 1010. The lowest BCUT2D eigenvalue weighted by atomic mass is 10.1. The second-order valence-corrected chi connectivity index (χ2v) is 5.22. The highest BCUT2D eigenvalue weighted by Crippen LogP contribution is 2.33. The van der Waals surface area contributed by atoms with Crippen molar-refractivity contribution in [2.24, 2.45) is 0 Å². The fourth-order valence-electron chi connectivity index (χ4n) is 2.47. The molecule has 0 fully saturated rings. The molecule has 120 valence electrons. The van der Waals surface area contributed by atoms with E-state index in [1.165, 1.54) is 0 Å². The normalized spacial score (nSPS) is 11.6. The van der Waals surface area contributed by atoms with Crippen LogP contribution >= 0.6 is 0 Å². The molecule has 24 heavy (non-hydrogen) atoms. The molecule has 0 N–H and O–H groups in total. The molecule has 0 aliphatic carbocycles. The SMILES string of the molecule is COc1ccc2oc(-c3noc(/C=C/c4ccco4)n3)c(C)c2c1. The number of aromatic nitrogens is 2. The van der Waals surface area contributed by atoms with Crippen molar-refractivity contribution in [1.29, 1.82) is 0 Å². The number of methoxy groups -OCH3 is 1. The second kappa shape index (κ2) is 5.73. The Balaban J connectivity index is 1.69. The summed E-state index contributed by atoms with van der Waals surface area (Å²) in [5.74, 6) is 2.84. The van der Waals surface area contributed by atoms with Gasteiger partial charge in [0.15, 0.2) is 5.76 Å². The van der Waals surface area contributed by atoms with Gasteiger partial charge < -0.3 is 18.1 Å². The molecule has 4 rings (SSSR count). The highest BCUT2D eigenvalue weighted by atomic mass is 16.5. The summed E-state index contributed by atoms with van der Waals surface area (Å²) in [7, 11) is 1.63. The topological polar surface area (TPSA) is 74.4 Å². The van der Waals surface area contributed by atoms with E-state index in [0.717, 1.165) is 22.3 Å². The lowest BCUT2D eigenvalue weighted by Crippen LogP contribution is -1.82. The molecule has 6 heteroatoms. The zero-order valence-corrected chi connectivity index (χ0v) is 13.1. The average Bonchev–Trinajstić information content (AvgIpc) is 3.33. The van der Waals surface area contributed by atoms with Crippen molar-refractivity contribution < 1.29 is 18.1 Å². The third kappa shape index (κ3) is 2.48. The number of nitrogens with zero attached hydrogens (tertiary/aromatic N) is 2. The van der Waals surface area contributed by atoms with E-state index in [1.54, 1.807) is 25.5 Å². The first-order chi connectivity index (χ1) is 11.7. The van der Waals surface area contributed by atoms with Crippen LogP contribution in [0.2, 0.25) is 0 Å². The standard InChI is InChI=1S/C18H14N2O4/c1-11-14-10-13(21-2)5-7-15(14)23-17(11)18-19-16(24-20-18)8-6-12-4-3-9-22-12/h3-10H,1-2H3/b8-6+. The van der Waals surface area contributed by atoms with Gasteiger partial charge in [-0.1, -0.05) is 5.16 Å². The van der Waals surface area contributed by atoms with E-state index in [4.69, 9.17) is 18.1 Å². The molecule has 0 aliphatic rings. The van der Waals surface area contributed by atoms with Crippen LogP contribution in [0.25, 0.3) is 34.7 Å². The zero-order chi connectivity index (χ0) is 16.5. The third-order valence-corrected chi connectivity index (χ3v) is 3.72. The zero-order valence-electron chi connectivity index (χ0n) is 13.1. The van der Waals surface area contributed by atoms with Crippen LogP contribution in [0.1, 0.15) is 17.2 Å². The van der Waals surface area contributed by atoms with Crippen molar-refractivity contribution in [3.05, 3.63) is 53.8 Å². The predicted octanol–water partition coefficient (Wildman–Crippen LogP) is 4.56. The number of aryl methyl sites for hydroxylation is 1. The van der Waals surface area contributed by atoms with E-state index in [1.807, 2.05) is 37.3 Å². The van der Waals surface area contributed by atoms with Gasteiger partial charge in [0.05, 0.1) is 13.4 Å². The molecule has 0 unspecified atom stereocenters. The fourth-order valence-corrected chi connectivity index (χ4v) is 2.47. The minimum absolute atomic E-state index is 0.374. The van der Waals surface area contributed by atoms with Crippen molar-refractivity contribution in [1.82, 2.24) is 10.1 Å². The van der Waals surface area contributed by atoms with Crippen molar-refractivity contribution in [3.8, 4) is 17.3 Å². The monoisotopic (exact) mass is 322 g/mol. The van der Waals surface area contributed by atoms with Crippen molar-refractivity contribution in [2.45, 2.75) is 6.92 Å². The molecule has 0 aliphatic heterocycles. The Kier molecular flexibility index (Phi) is 3.42. The first kappa shape index (κ1) is 14.3. The largest absolute Gasteiger partial charge is 0.497 e. The molecule has 0 bridgehead atoms. The third-order valence-electron chi connectivity index (χ3n) is 3.72. The summed E-state index contributed by atoms with van der Waals surface area (Å²) in [6.45, 7) is 1.95. The van der Waals surface area contributed by atoms with Gasteiger partial charge in [-0.05, 0) is 43.3 Å². The van der Waals surface area contributed by atoms with Crippen molar-refractivity contribution >= 4 is 23.1 Å². The number of furan rings is 2. The number of rotatable bonds is 4. The first-order valence-corrected chi connectivity index (χ1v) is 7.37. The summed E-state index contributed by atoms with van der Waals surface area (Å²) >= 11 is 0. The molecule has 4 aromatic rings. The van der Waals surface area contributed by atoms with Crippen molar-refractivity contribution in [2.75, 3.05) is 7.11 Å². The van der Waals surface area contributed by atoms with E-state index in [2.05, 4.69) is 10.1 Å². The van der Waals surface area contributed by atoms with E-state index in [-0.39, 0.29) is 0 Å². The van der Waals surface area contributed by atoms with Crippen LogP contribution in [0, 0.1) is 6.92 Å². The smallest absolute Gasteiger partial charge is 0.251 e. The van der Waals surface area contributed by atoms with E-state index >= 15 is 0 Å². The van der Waals surface area contributed by atoms with Crippen molar-refractivity contribution in [3.63, 3.8) is 0 Å². The molecule has 0 saturated heterocycles. The van der Waals surface area contributed by atoms with Gasteiger partial charge in [0.2, 0.25) is 5.82 Å². The number of fused-ring (bicyclic) bond motifs is 1. The van der Waals surface area contributed by atoms with Crippen LogP contribution in [-0.2, 0) is 0 Å². The maximum atomic E-state index is 5.86. The van der Waals surface area contributed by atoms with Crippen LogP contribution in [0.3, 0.4) is 0 Å². The number of hydrogen-bond donors (Lipinski definition) is 0. The molecular formula is C18H14N2O4. The Labute approximate surface area is 137 Å². The molecule has 3 heterocycles. The van der Waals surface area contributed by atoms with Gasteiger partial charge in [0, 0.05) is 17.0 Å². The summed E-state index contributed by atoms with van der Waals surface area (Å²) < 4.78 is 21.6. The molecular weight excluding hydrogens is 308 g/mol. The summed E-state index contributed by atoms with van der Waals surface area (Å²) in [5.41, 5.74) is 1.69. The van der Waals surface area contributed by atoms with E-state index in [9.17, 15) is 0 Å². The van der Waals surface area contributed by atoms with Gasteiger partial charge in [-0.2, -0.15) is 4.98 Å². The van der Waals surface area contributed by atoms with Crippen LogP contribution in [-0.4, -0.2) is 17.3 Å². The minimum atomic E-state index is 0.374. The highest BCUT2D eigenvalue weighted by Gasteiger charge is 2.17. The molecule has 0 saturated carbocycles. The molecule has 0 radical (unpaired) electrons. The Hall–Kier alpha value is -3.28. The lowest BCUT2D eigenvalue weighted by Gasteiger charge is -1.97. The molecule has 0 atom stereocenters. The first-order valence-electron chi connectivity index (χ1n) is 7.37. The molecule has 0 amide bonds. The van der Waals surface area contributed by atoms with Gasteiger partial charge in [-0.25, -0.2) is 0 Å². The molecule has 0 spiro atoms. The van der Waals surface area contributed by atoms with Gasteiger partial charge >= 0.3 is 0 Å². The number of ether oxygens (including phenoxy) is 1. The Morgan fingerprint density at radius 2 is 2.08 bits per heavy atom. The van der Waals surface area contributed by atoms with Gasteiger partial charge in [-0.3, -0.25) is 0 Å². The molecule has 1 aromatic carbocycles. The van der Waals surface area contributed by atoms with Crippen LogP contribution in [0.4, 0.5) is 0 Å². The summed E-state index contributed by atoms with van der Waals surface area (Å²) in [6.07, 6.45) is 5.05. The summed E-state index contributed by atoms with van der Waals surface area (Å²) in [6, 6.07) is 9.29. The van der Waals surface area contributed by atoms with Crippen LogP contribution in [0.5, 0.6) is 5.75 Å². The highest BCUT2D eigenvalue weighted by molar-refractivity contribution is 5.87. The fraction of sp³-hybridized carbons (Fsp3) is 0.111. The maximum Gasteiger partial charge on any atom is 0.251 e. The predicted molar refractivity (Wildman–Crippen MR) is 88.4 cm³/mol. The molecule has 6 nitrogen and oxygen atoms in total. The Morgan fingerprint density at radius 3 is 2.88 bits per heavy atom. The van der Waals surface area contributed by atoms with Crippen LogP contribution < -0.4 is 4.74 Å². The minimum Gasteiger partial charge on any atom is -0.497 e. The average molecular weight is 322 g/mol. The van der Waals surface area contributed by atoms with Gasteiger partial charge in [0.25, 0.3) is 5.89 Å². The quantitative estimate of drug-likeness (QED) is 0.548. The van der Waals surface area contributed by atoms with Gasteiger partial charge in [-0.15, -0.1) is 0 Å².